The summed E-state index contributed by atoms with van der Waals surface area (Å²) in [7, 11) is 0. The van der Waals surface area contributed by atoms with Crippen molar-refractivity contribution in [1.82, 2.24) is 15.1 Å². The summed E-state index contributed by atoms with van der Waals surface area (Å²) in [5.41, 5.74) is 0. The van der Waals surface area contributed by atoms with Gasteiger partial charge in [-0.15, -0.1) is 0 Å². The van der Waals surface area contributed by atoms with E-state index in [0.29, 0.717) is 13.1 Å². The summed E-state index contributed by atoms with van der Waals surface area (Å²) < 4.78 is 36.8. The summed E-state index contributed by atoms with van der Waals surface area (Å²) in [5, 5.41) is 3.50. The Labute approximate surface area is 119 Å². The zero-order valence-corrected chi connectivity index (χ0v) is 12.1. The van der Waals surface area contributed by atoms with Gasteiger partial charge in [-0.05, 0) is 38.8 Å². The second-order valence-electron chi connectivity index (χ2n) is 6.02. The highest BCUT2D eigenvalue weighted by Crippen LogP contribution is 2.19. The Morgan fingerprint density at radius 1 is 0.900 bits per heavy atom. The Bertz CT molecular complexity index is 271. The van der Waals surface area contributed by atoms with Crippen molar-refractivity contribution in [2.75, 3.05) is 45.8 Å². The van der Waals surface area contributed by atoms with E-state index in [2.05, 4.69) is 10.2 Å². The van der Waals surface area contributed by atoms with Crippen LogP contribution in [0.2, 0.25) is 0 Å². The summed E-state index contributed by atoms with van der Waals surface area (Å²) in [5.74, 6) is 0. The monoisotopic (exact) mass is 293 g/mol. The molecule has 2 fully saturated rings. The molecule has 1 saturated heterocycles. The van der Waals surface area contributed by atoms with Crippen LogP contribution in [0.1, 0.15) is 32.1 Å². The molecule has 2 rings (SSSR count). The summed E-state index contributed by atoms with van der Waals surface area (Å²) >= 11 is 0. The standard InChI is InChI=1S/C14H26F3N3/c15-14(16,17)12-20-10-8-19(9-11-20)7-3-1-2-6-18-13-4-5-13/h13,18H,1-12H2. The van der Waals surface area contributed by atoms with Crippen LogP contribution in [-0.4, -0.2) is 67.8 Å². The fourth-order valence-corrected chi connectivity index (χ4v) is 2.66. The van der Waals surface area contributed by atoms with Crippen LogP contribution in [0.5, 0.6) is 0 Å². The topological polar surface area (TPSA) is 18.5 Å². The number of nitrogens with one attached hydrogen (secondary N) is 1. The molecule has 1 aliphatic carbocycles. The van der Waals surface area contributed by atoms with E-state index in [9.17, 15) is 13.2 Å². The number of alkyl halides is 3. The molecule has 0 unspecified atom stereocenters. The van der Waals surface area contributed by atoms with Gasteiger partial charge in [-0.25, -0.2) is 0 Å². The van der Waals surface area contributed by atoms with E-state index >= 15 is 0 Å². The van der Waals surface area contributed by atoms with Crippen molar-refractivity contribution in [3.8, 4) is 0 Å². The van der Waals surface area contributed by atoms with Gasteiger partial charge >= 0.3 is 6.18 Å². The Hall–Kier alpha value is -0.330. The average Bonchev–Trinajstić information content (AvgIpc) is 3.18. The molecule has 0 aromatic carbocycles. The lowest BCUT2D eigenvalue weighted by molar-refractivity contribution is -0.149. The first-order valence-corrected chi connectivity index (χ1v) is 7.78. The van der Waals surface area contributed by atoms with Crippen molar-refractivity contribution < 1.29 is 13.2 Å². The maximum atomic E-state index is 12.3. The molecule has 1 aliphatic heterocycles. The van der Waals surface area contributed by atoms with Gasteiger partial charge in [0.25, 0.3) is 0 Å². The SMILES string of the molecule is FC(F)(F)CN1CCN(CCCCCNC2CC2)CC1. The van der Waals surface area contributed by atoms with Gasteiger partial charge < -0.3 is 10.2 Å². The molecule has 118 valence electrons. The first-order valence-electron chi connectivity index (χ1n) is 7.78. The first kappa shape index (κ1) is 16.0. The number of rotatable bonds is 8. The molecular formula is C14H26F3N3. The van der Waals surface area contributed by atoms with E-state index in [4.69, 9.17) is 0 Å². The molecular weight excluding hydrogens is 267 g/mol. The zero-order chi connectivity index (χ0) is 14.4. The van der Waals surface area contributed by atoms with Crippen molar-refractivity contribution in [3.05, 3.63) is 0 Å². The van der Waals surface area contributed by atoms with Crippen LogP contribution in [0.15, 0.2) is 0 Å². The molecule has 1 saturated carbocycles. The zero-order valence-electron chi connectivity index (χ0n) is 12.1. The lowest BCUT2D eigenvalue weighted by Crippen LogP contribution is -2.49. The van der Waals surface area contributed by atoms with Gasteiger partial charge in [-0.3, -0.25) is 4.90 Å². The van der Waals surface area contributed by atoms with Gasteiger partial charge in [0.15, 0.2) is 0 Å². The highest BCUT2D eigenvalue weighted by Gasteiger charge is 2.31. The van der Waals surface area contributed by atoms with Gasteiger partial charge in [-0.1, -0.05) is 6.42 Å². The third kappa shape index (κ3) is 6.90. The van der Waals surface area contributed by atoms with Crippen LogP contribution in [0, 0.1) is 0 Å². The first-order chi connectivity index (χ1) is 9.53. The van der Waals surface area contributed by atoms with E-state index in [1.54, 1.807) is 0 Å². The number of nitrogens with zero attached hydrogens (tertiary/aromatic N) is 2. The maximum absolute atomic E-state index is 12.3. The molecule has 0 spiro atoms. The molecule has 2 aliphatic rings. The van der Waals surface area contributed by atoms with E-state index in [1.807, 2.05) is 0 Å². The predicted molar refractivity (Wildman–Crippen MR) is 73.8 cm³/mol. The van der Waals surface area contributed by atoms with Crippen molar-refractivity contribution >= 4 is 0 Å². The molecule has 0 aromatic rings. The second kappa shape index (κ2) is 7.61. The maximum Gasteiger partial charge on any atom is 0.401 e. The molecule has 6 heteroatoms. The van der Waals surface area contributed by atoms with Crippen LogP contribution in [0.4, 0.5) is 13.2 Å². The van der Waals surface area contributed by atoms with E-state index < -0.39 is 12.7 Å². The van der Waals surface area contributed by atoms with Crippen LogP contribution < -0.4 is 5.32 Å². The summed E-state index contributed by atoms with van der Waals surface area (Å²) in [4.78, 5) is 3.80. The van der Waals surface area contributed by atoms with Gasteiger partial charge in [-0.2, -0.15) is 13.2 Å². The van der Waals surface area contributed by atoms with E-state index in [-0.39, 0.29) is 0 Å². The largest absolute Gasteiger partial charge is 0.401 e. The summed E-state index contributed by atoms with van der Waals surface area (Å²) in [6, 6.07) is 0.789. The minimum Gasteiger partial charge on any atom is -0.314 e. The number of unbranched alkanes of at least 4 members (excludes halogenated alkanes) is 2. The molecule has 0 atom stereocenters. The van der Waals surface area contributed by atoms with Gasteiger partial charge in [0.2, 0.25) is 0 Å². The predicted octanol–water partition coefficient (Wildman–Crippen LogP) is 2.09. The molecule has 0 bridgehead atoms. The van der Waals surface area contributed by atoms with Crippen molar-refractivity contribution in [2.24, 2.45) is 0 Å². The third-order valence-corrected chi connectivity index (χ3v) is 4.03. The summed E-state index contributed by atoms with van der Waals surface area (Å²) in [6.45, 7) is 4.03. The second-order valence-corrected chi connectivity index (χ2v) is 6.02. The molecule has 20 heavy (non-hydrogen) atoms. The minimum atomic E-state index is -4.06. The Balaban J connectivity index is 1.44. The smallest absolute Gasteiger partial charge is 0.314 e. The normalized spacial score (nSPS) is 22.4. The highest BCUT2D eigenvalue weighted by molar-refractivity contribution is 4.80. The summed E-state index contributed by atoms with van der Waals surface area (Å²) in [6.07, 6.45) is 2.19. The van der Waals surface area contributed by atoms with E-state index in [0.717, 1.165) is 38.6 Å². The average molecular weight is 293 g/mol. The molecule has 0 amide bonds. The fraction of sp³-hybridized carbons (Fsp3) is 1.00. The Kier molecular flexibility index (Phi) is 6.11. The molecule has 0 radical (unpaired) electrons. The number of hydrogen-bond donors (Lipinski definition) is 1. The number of hydrogen-bond acceptors (Lipinski definition) is 3. The van der Waals surface area contributed by atoms with Crippen molar-refractivity contribution in [3.63, 3.8) is 0 Å². The Morgan fingerprint density at radius 3 is 2.15 bits per heavy atom. The third-order valence-electron chi connectivity index (χ3n) is 4.03. The van der Waals surface area contributed by atoms with E-state index in [1.165, 1.54) is 30.6 Å². The molecule has 3 nitrogen and oxygen atoms in total. The van der Waals surface area contributed by atoms with Gasteiger partial charge in [0, 0.05) is 32.2 Å². The van der Waals surface area contributed by atoms with Crippen molar-refractivity contribution in [2.45, 2.75) is 44.3 Å². The van der Waals surface area contributed by atoms with Gasteiger partial charge in [0.05, 0.1) is 6.54 Å². The van der Waals surface area contributed by atoms with Crippen LogP contribution in [0.3, 0.4) is 0 Å². The van der Waals surface area contributed by atoms with Crippen LogP contribution in [-0.2, 0) is 0 Å². The highest BCUT2D eigenvalue weighted by atomic mass is 19.4. The number of halogens is 3. The lowest BCUT2D eigenvalue weighted by Gasteiger charge is -2.34. The van der Waals surface area contributed by atoms with Crippen LogP contribution in [0.25, 0.3) is 0 Å². The fourth-order valence-electron chi connectivity index (χ4n) is 2.66. The quantitative estimate of drug-likeness (QED) is 0.691. The molecule has 1 heterocycles. The molecule has 1 N–H and O–H groups in total. The lowest BCUT2D eigenvalue weighted by atomic mass is 10.2. The number of piperazine rings is 1. The van der Waals surface area contributed by atoms with Gasteiger partial charge in [0.1, 0.15) is 0 Å². The van der Waals surface area contributed by atoms with Crippen LogP contribution >= 0.6 is 0 Å². The molecule has 0 aromatic heterocycles. The Morgan fingerprint density at radius 2 is 1.55 bits per heavy atom. The van der Waals surface area contributed by atoms with Crippen molar-refractivity contribution in [1.29, 1.82) is 0 Å². The minimum absolute atomic E-state index is 0.544.